The van der Waals surface area contributed by atoms with E-state index in [4.69, 9.17) is 21.4 Å². The number of nitrogens with zero attached hydrogens (tertiary/aromatic N) is 3. The lowest BCUT2D eigenvalue weighted by atomic mass is 10.2. The first kappa shape index (κ1) is 21.6. The lowest BCUT2D eigenvalue weighted by Crippen LogP contribution is -2.20. The average Bonchev–Trinajstić information content (AvgIpc) is 3.17. The van der Waals surface area contributed by atoms with Gasteiger partial charge in [-0.3, -0.25) is 0 Å². The van der Waals surface area contributed by atoms with Crippen LogP contribution in [-0.4, -0.2) is 29.8 Å². The summed E-state index contributed by atoms with van der Waals surface area (Å²) < 4.78 is 40.6. The number of sulfonamides is 1. The summed E-state index contributed by atoms with van der Waals surface area (Å²) in [4.78, 5) is 0.0185. The van der Waals surface area contributed by atoms with Crippen molar-refractivity contribution in [1.29, 1.82) is 0 Å². The lowest BCUT2D eigenvalue weighted by molar-refractivity contribution is 0.300. The molecule has 0 saturated carbocycles. The Morgan fingerprint density at radius 3 is 2.57 bits per heavy atom. The molecule has 0 atom stereocenters. The number of halogens is 2. The molecule has 3 aromatic rings. The summed E-state index contributed by atoms with van der Waals surface area (Å²) in [6.45, 7) is 0.574. The van der Waals surface area contributed by atoms with Gasteiger partial charge in [-0.25, -0.2) is 22.6 Å². The molecule has 1 aromatic heterocycles. The second kappa shape index (κ2) is 9.17. The highest BCUT2D eigenvalue weighted by Crippen LogP contribution is 2.20. The van der Waals surface area contributed by atoms with Crippen molar-refractivity contribution in [3.8, 4) is 0 Å². The highest BCUT2D eigenvalue weighted by atomic mass is 35.5. The second-order valence-electron chi connectivity index (χ2n) is 6.05. The Bertz CT molecular complexity index is 1170. The van der Waals surface area contributed by atoms with E-state index in [-0.39, 0.29) is 28.0 Å². The molecule has 13 heteroatoms. The molecule has 0 saturated heterocycles. The minimum absolute atomic E-state index is 0.0185. The quantitative estimate of drug-likeness (QED) is 0.183. The first-order chi connectivity index (χ1) is 14.3. The van der Waals surface area contributed by atoms with Gasteiger partial charge in [0.05, 0.1) is 9.92 Å². The monoisotopic (exact) mass is 454 g/mol. The molecule has 158 valence electrons. The maximum absolute atomic E-state index is 13.3. The highest BCUT2D eigenvalue weighted by Gasteiger charge is 2.18. The predicted octanol–water partition coefficient (Wildman–Crippen LogP) is 2.05. The van der Waals surface area contributed by atoms with Crippen LogP contribution in [0, 0.1) is 5.82 Å². The summed E-state index contributed by atoms with van der Waals surface area (Å²) in [5.41, 5.74) is 1.64. The van der Waals surface area contributed by atoms with Crippen LogP contribution in [0.25, 0.3) is 0 Å². The van der Waals surface area contributed by atoms with E-state index in [1.54, 1.807) is 12.1 Å². The van der Waals surface area contributed by atoms with Gasteiger partial charge in [-0.15, -0.1) is 0 Å². The van der Waals surface area contributed by atoms with Gasteiger partial charge in [0.1, 0.15) is 11.5 Å². The van der Waals surface area contributed by atoms with Crippen molar-refractivity contribution in [2.24, 2.45) is 10.3 Å². The fraction of sp³-hybridized carbons (Fsp3) is 0.118. The Balaban J connectivity index is 1.65. The van der Waals surface area contributed by atoms with Crippen LogP contribution in [-0.2, 0) is 23.1 Å². The topological polar surface area (TPSA) is 156 Å². The van der Waals surface area contributed by atoms with Crippen molar-refractivity contribution in [1.82, 2.24) is 15.6 Å². The third-order valence-corrected chi connectivity index (χ3v) is 5.16. The van der Waals surface area contributed by atoms with Crippen molar-refractivity contribution >= 4 is 33.1 Å². The molecule has 0 aliphatic carbocycles. The number of amidine groups is 1. The zero-order valence-corrected chi connectivity index (χ0v) is 16.8. The van der Waals surface area contributed by atoms with Gasteiger partial charge in [0, 0.05) is 18.8 Å². The van der Waals surface area contributed by atoms with Gasteiger partial charge < -0.3 is 15.8 Å². The minimum Gasteiger partial charge on any atom is -0.409 e. The van der Waals surface area contributed by atoms with E-state index in [1.807, 2.05) is 0 Å². The molecule has 0 fully saturated rings. The molecule has 0 aliphatic heterocycles. The molecule has 2 aromatic carbocycles. The highest BCUT2D eigenvalue weighted by molar-refractivity contribution is 7.89. The summed E-state index contributed by atoms with van der Waals surface area (Å²) in [5.74, 6) is -0.664. The number of rotatable bonds is 7. The molecule has 1 heterocycles. The van der Waals surface area contributed by atoms with E-state index in [2.05, 4.69) is 26.1 Å². The number of hydrogen-bond donors (Lipinski definition) is 4. The van der Waals surface area contributed by atoms with Gasteiger partial charge in [-0.2, -0.15) is 0 Å². The van der Waals surface area contributed by atoms with E-state index < -0.39 is 15.8 Å². The van der Waals surface area contributed by atoms with E-state index in [0.29, 0.717) is 17.9 Å². The van der Waals surface area contributed by atoms with E-state index in [1.165, 1.54) is 24.3 Å². The van der Waals surface area contributed by atoms with Crippen LogP contribution in [0.1, 0.15) is 17.0 Å². The number of aromatic nitrogens is 2. The fourth-order valence-corrected chi connectivity index (χ4v) is 3.16. The Morgan fingerprint density at radius 1 is 1.20 bits per heavy atom. The number of nitrogens with two attached hydrogens (primary N) is 1. The normalized spacial score (nSPS) is 12.2. The van der Waals surface area contributed by atoms with Crippen molar-refractivity contribution in [3.05, 3.63) is 70.3 Å². The number of primary sulfonamides is 1. The van der Waals surface area contributed by atoms with Crippen LogP contribution in [0.5, 0.6) is 0 Å². The molecular weight excluding hydrogens is 439 g/mol. The Labute approximate surface area is 175 Å². The molecule has 0 radical (unpaired) electrons. The maximum Gasteiger partial charge on any atom is 0.238 e. The second-order valence-corrected chi connectivity index (χ2v) is 8.02. The summed E-state index contributed by atoms with van der Waals surface area (Å²) in [7, 11) is -3.75. The van der Waals surface area contributed by atoms with Crippen molar-refractivity contribution in [2.45, 2.75) is 18.0 Å². The third-order valence-electron chi connectivity index (χ3n) is 3.94. The third kappa shape index (κ3) is 5.30. The molecule has 0 bridgehead atoms. The standard InChI is InChI=1S/C17H16ClFN6O4S/c18-13-7-11(3-6-14(13)19)22-17(23-26)16-15(24-29-25-16)9-21-8-10-1-4-12(5-2-10)30(20,27)28/h1-7,21,26H,8-9H2,(H,22,23)(H2,20,27,28). The van der Waals surface area contributed by atoms with Crippen LogP contribution in [0.3, 0.4) is 0 Å². The van der Waals surface area contributed by atoms with Crippen LogP contribution in [0.2, 0.25) is 5.02 Å². The lowest BCUT2D eigenvalue weighted by Gasteiger charge is -2.08. The summed E-state index contributed by atoms with van der Waals surface area (Å²) in [5, 5.41) is 30.8. The van der Waals surface area contributed by atoms with Crippen molar-refractivity contribution in [3.63, 3.8) is 0 Å². The first-order valence-electron chi connectivity index (χ1n) is 8.36. The molecule has 10 nitrogen and oxygen atoms in total. The summed E-state index contributed by atoms with van der Waals surface area (Å²) in [6, 6.07) is 9.93. The molecule has 0 amide bonds. The van der Waals surface area contributed by atoms with Crippen LogP contribution < -0.4 is 15.8 Å². The smallest absolute Gasteiger partial charge is 0.238 e. The van der Waals surface area contributed by atoms with E-state index in [9.17, 15) is 18.0 Å². The van der Waals surface area contributed by atoms with Gasteiger partial charge >= 0.3 is 0 Å². The summed E-state index contributed by atoms with van der Waals surface area (Å²) >= 11 is 5.74. The number of anilines is 1. The number of benzene rings is 2. The van der Waals surface area contributed by atoms with E-state index in [0.717, 1.165) is 11.6 Å². The largest absolute Gasteiger partial charge is 0.409 e. The SMILES string of the molecule is NS(=O)(=O)c1ccc(CNCc2nonc2/C(=N/O)Nc2ccc(F)c(Cl)c2)cc1. The molecule has 0 spiro atoms. The van der Waals surface area contributed by atoms with Gasteiger partial charge in [0.2, 0.25) is 15.9 Å². The molecule has 5 N–H and O–H groups in total. The van der Waals surface area contributed by atoms with Gasteiger partial charge in [-0.05, 0) is 41.1 Å². The average molecular weight is 455 g/mol. The van der Waals surface area contributed by atoms with E-state index >= 15 is 0 Å². The van der Waals surface area contributed by atoms with Gasteiger partial charge in [0.15, 0.2) is 5.69 Å². The minimum atomic E-state index is -3.75. The maximum atomic E-state index is 13.3. The van der Waals surface area contributed by atoms with Crippen molar-refractivity contribution < 1.29 is 22.6 Å². The number of nitrogens with one attached hydrogen (secondary N) is 2. The number of hydrogen-bond acceptors (Lipinski definition) is 8. The van der Waals surface area contributed by atoms with Crippen LogP contribution >= 0.6 is 11.6 Å². The Morgan fingerprint density at radius 2 is 1.93 bits per heavy atom. The molecular formula is C17H16ClFN6O4S. The van der Waals surface area contributed by atoms with Crippen LogP contribution in [0.15, 0.2) is 57.1 Å². The van der Waals surface area contributed by atoms with Gasteiger partial charge in [0.25, 0.3) is 0 Å². The predicted molar refractivity (Wildman–Crippen MR) is 106 cm³/mol. The Kier molecular flexibility index (Phi) is 6.62. The molecule has 30 heavy (non-hydrogen) atoms. The zero-order valence-electron chi connectivity index (χ0n) is 15.2. The Hall–Kier alpha value is -3.06. The first-order valence-corrected chi connectivity index (χ1v) is 10.3. The van der Waals surface area contributed by atoms with Crippen LogP contribution in [0.4, 0.5) is 10.1 Å². The summed E-state index contributed by atoms with van der Waals surface area (Å²) in [6.07, 6.45) is 0. The molecule has 0 aliphatic rings. The van der Waals surface area contributed by atoms with Gasteiger partial charge in [-0.1, -0.05) is 34.0 Å². The molecule has 0 unspecified atom stereocenters. The number of oxime groups is 1. The molecule has 3 rings (SSSR count). The fourth-order valence-electron chi connectivity index (χ4n) is 2.47. The zero-order chi connectivity index (χ0) is 21.7. The van der Waals surface area contributed by atoms with Crippen molar-refractivity contribution in [2.75, 3.05) is 5.32 Å².